The molecule has 2 aromatic heterocycles. The molecular formula is C28H22CuN2O6. The van der Waals surface area contributed by atoms with E-state index in [-0.39, 0.29) is 39.7 Å². The van der Waals surface area contributed by atoms with Gasteiger partial charge in [-0.1, -0.05) is 48.5 Å². The first-order valence-electron chi connectivity index (χ1n) is 10.8. The monoisotopic (exact) mass is 545 g/mol. The molecule has 5 aromatic rings. The average Bonchev–Trinajstić information content (AvgIpc) is 2.85. The fourth-order valence-electron chi connectivity index (χ4n) is 3.23. The van der Waals surface area contributed by atoms with Crippen LogP contribution in [0.4, 0.5) is 0 Å². The number of aryl methyl sites for hydroxylation is 2. The third-order valence-corrected chi connectivity index (χ3v) is 4.96. The molecule has 0 atom stereocenters. The summed E-state index contributed by atoms with van der Waals surface area (Å²) in [5.41, 5.74) is 4.04. The zero-order valence-electron chi connectivity index (χ0n) is 19.8. The molecule has 0 amide bonds. The van der Waals surface area contributed by atoms with Crippen LogP contribution in [-0.4, -0.2) is 32.1 Å². The number of carboxylic acids is 2. The van der Waals surface area contributed by atoms with Crippen molar-refractivity contribution in [2.45, 2.75) is 13.8 Å². The number of pyridine rings is 2. The maximum Gasteiger partial charge on any atom is 2.00 e. The summed E-state index contributed by atoms with van der Waals surface area (Å²) in [5.74, 6) is -2.70. The molecule has 0 fully saturated rings. The number of rotatable bonds is 2. The van der Waals surface area contributed by atoms with Gasteiger partial charge in [-0.3, -0.25) is 9.97 Å². The predicted octanol–water partition coefficient (Wildman–Crippen LogP) is 2.91. The molecule has 2 heterocycles. The molecule has 191 valence electrons. The van der Waals surface area contributed by atoms with Crippen molar-refractivity contribution in [2.24, 2.45) is 0 Å². The summed E-state index contributed by atoms with van der Waals surface area (Å²) in [6, 6.07) is 23.1. The zero-order valence-corrected chi connectivity index (χ0v) is 20.7. The molecule has 0 saturated heterocycles. The van der Waals surface area contributed by atoms with Crippen LogP contribution < -0.4 is 10.2 Å². The summed E-state index contributed by atoms with van der Waals surface area (Å²) in [7, 11) is 0. The minimum atomic E-state index is -1.28. The van der Waals surface area contributed by atoms with E-state index < -0.39 is 11.9 Å². The third kappa shape index (κ3) is 8.03. The van der Waals surface area contributed by atoms with Crippen LogP contribution in [-0.2, 0) is 17.1 Å². The fourth-order valence-corrected chi connectivity index (χ4v) is 3.23. The zero-order chi connectivity index (χ0) is 26.2. The molecule has 9 heteroatoms. The van der Waals surface area contributed by atoms with Crippen LogP contribution in [0.2, 0.25) is 0 Å². The van der Waals surface area contributed by atoms with E-state index in [4.69, 9.17) is 10.2 Å². The van der Waals surface area contributed by atoms with Gasteiger partial charge in [-0.25, -0.2) is 0 Å². The summed E-state index contributed by atoms with van der Waals surface area (Å²) in [6.07, 6.45) is 0. The Morgan fingerprint density at radius 1 is 0.622 bits per heavy atom. The number of aromatic nitrogens is 2. The third-order valence-electron chi connectivity index (χ3n) is 4.96. The molecule has 0 aliphatic carbocycles. The van der Waals surface area contributed by atoms with Gasteiger partial charge in [0.1, 0.15) is 11.5 Å². The van der Waals surface area contributed by atoms with E-state index >= 15 is 0 Å². The van der Waals surface area contributed by atoms with E-state index in [0.717, 1.165) is 45.3 Å². The van der Waals surface area contributed by atoms with Gasteiger partial charge < -0.3 is 30.0 Å². The Morgan fingerprint density at radius 2 is 0.973 bits per heavy atom. The molecule has 0 bridgehead atoms. The quantitative estimate of drug-likeness (QED) is 0.254. The van der Waals surface area contributed by atoms with E-state index in [9.17, 15) is 19.8 Å². The van der Waals surface area contributed by atoms with Crippen LogP contribution in [0, 0.1) is 13.8 Å². The van der Waals surface area contributed by atoms with Gasteiger partial charge in [-0.15, -0.1) is 0 Å². The minimum absolute atomic E-state index is 0. The molecule has 5 rings (SSSR count). The van der Waals surface area contributed by atoms with Crippen molar-refractivity contribution in [2.75, 3.05) is 0 Å². The molecule has 3 aromatic carbocycles. The average molecular weight is 546 g/mol. The number of hydrogen-bond acceptors (Lipinski definition) is 8. The van der Waals surface area contributed by atoms with Crippen LogP contribution in [0.15, 0.2) is 84.9 Å². The summed E-state index contributed by atoms with van der Waals surface area (Å²) in [6.45, 7) is 4.02. The molecule has 0 saturated carbocycles. The van der Waals surface area contributed by atoms with Crippen molar-refractivity contribution >= 4 is 33.7 Å². The van der Waals surface area contributed by atoms with Crippen LogP contribution in [0.1, 0.15) is 32.1 Å². The van der Waals surface area contributed by atoms with Gasteiger partial charge in [0.25, 0.3) is 0 Å². The number of aromatic hydroxyl groups is 2. The second-order valence-corrected chi connectivity index (χ2v) is 7.79. The van der Waals surface area contributed by atoms with Gasteiger partial charge in [-0.2, -0.15) is 0 Å². The van der Waals surface area contributed by atoms with Crippen molar-refractivity contribution in [1.29, 1.82) is 0 Å². The molecule has 0 aliphatic rings. The summed E-state index contributed by atoms with van der Waals surface area (Å²) in [4.78, 5) is 29.4. The maximum absolute atomic E-state index is 10.1. The topological polar surface area (TPSA) is 146 Å². The number of phenolic OH excluding ortho intramolecular Hbond substituents is 2. The van der Waals surface area contributed by atoms with Crippen LogP contribution in [0.5, 0.6) is 11.5 Å². The van der Waals surface area contributed by atoms with Crippen molar-refractivity contribution in [3.05, 3.63) is 107 Å². The van der Waals surface area contributed by atoms with Gasteiger partial charge in [0, 0.05) is 33.3 Å². The Kier molecular flexibility index (Phi) is 10.1. The Bertz CT molecular complexity index is 1440. The smallest absolute Gasteiger partial charge is 0.545 e. The predicted molar refractivity (Wildman–Crippen MR) is 131 cm³/mol. The standard InChI is InChI=1S/C14H12N2.2C7H6O3.Cu/c1-9-3-5-11-7-8-12-6-4-10(2)16-14(12)13(11)15-9;2*8-6-3-1-2-5(4-6)7(9)10;/h3-8H,1-2H3;2*1-4,8H,(H,9,10);/q;;;+2/p-2. The second kappa shape index (κ2) is 13.0. The summed E-state index contributed by atoms with van der Waals surface area (Å²) < 4.78 is 0. The van der Waals surface area contributed by atoms with Crippen LogP contribution in [0.25, 0.3) is 21.8 Å². The molecular weight excluding hydrogens is 524 g/mol. The first-order chi connectivity index (χ1) is 17.1. The number of carboxylic acid groups (broad SMARTS) is 2. The molecule has 0 spiro atoms. The van der Waals surface area contributed by atoms with Crippen LogP contribution in [0.3, 0.4) is 0 Å². The summed E-state index contributed by atoms with van der Waals surface area (Å²) >= 11 is 0. The molecule has 8 nitrogen and oxygen atoms in total. The number of carbonyl (C=O) groups is 2. The number of phenols is 2. The SMILES string of the molecule is Cc1ccc2ccc3ccc(C)nc3c2n1.O=C([O-])c1cccc(O)c1.O=C([O-])c1cccc(O)c1.[Cu+2]. The number of hydrogen-bond donors (Lipinski definition) is 2. The number of fused-ring (bicyclic) bond motifs is 3. The molecule has 2 N–H and O–H groups in total. The van der Waals surface area contributed by atoms with Gasteiger partial charge in [0.05, 0.1) is 23.0 Å². The van der Waals surface area contributed by atoms with E-state index in [1.807, 2.05) is 26.0 Å². The number of benzene rings is 3. The van der Waals surface area contributed by atoms with Gasteiger partial charge >= 0.3 is 17.1 Å². The fraction of sp³-hybridized carbons (Fsp3) is 0.0714. The number of aromatic carboxylic acids is 2. The van der Waals surface area contributed by atoms with Gasteiger partial charge in [0.2, 0.25) is 0 Å². The molecule has 1 radical (unpaired) electrons. The Hall–Kier alpha value is -4.46. The summed E-state index contributed by atoms with van der Waals surface area (Å²) in [5, 5.41) is 40.1. The van der Waals surface area contributed by atoms with E-state index in [2.05, 4.69) is 34.2 Å². The van der Waals surface area contributed by atoms with E-state index in [1.165, 1.54) is 36.4 Å². The first-order valence-corrected chi connectivity index (χ1v) is 10.8. The second-order valence-electron chi connectivity index (χ2n) is 7.79. The minimum Gasteiger partial charge on any atom is -0.545 e. The van der Waals surface area contributed by atoms with Gasteiger partial charge in [-0.05, 0) is 50.2 Å². The van der Waals surface area contributed by atoms with Crippen molar-refractivity contribution in [3.8, 4) is 11.5 Å². The van der Waals surface area contributed by atoms with Crippen molar-refractivity contribution in [1.82, 2.24) is 9.97 Å². The molecule has 0 unspecified atom stereocenters. The molecule has 37 heavy (non-hydrogen) atoms. The Balaban J connectivity index is 0.000000202. The normalized spacial score (nSPS) is 9.78. The van der Waals surface area contributed by atoms with Crippen molar-refractivity contribution in [3.63, 3.8) is 0 Å². The van der Waals surface area contributed by atoms with Crippen molar-refractivity contribution < 1.29 is 47.1 Å². The van der Waals surface area contributed by atoms with E-state index in [0.29, 0.717) is 0 Å². The molecule has 0 aliphatic heterocycles. The number of carbonyl (C=O) groups excluding carboxylic acids is 2. The first kappa shape index (κ1) is 28.8. The maximum atomic E-state index is 10.1. The van der Waals surface area contributed by atoms with E-state index in [1.54, 1.807) is 0 Å². The Morgan fingerprint density at radius 3 is 1.27 bits per heavy atom. The Labute approximate surface area is 223 Å². The van der Waals surface area contributed by atoms with Crippen LogP contribution >= 0.6 is 0 Å². The van der Waals surface area contributed by atoms with Gasteiger partial charge in [0.15, 0.2) is 0 Å². The largest absolute Gasteiger partial charge is 2.00 e. The number of nitrogens with zero attached hydrogens (tertiary/aromatic N) is 2.